The molecule has 0 aliphatic rings. The Bertz CT molecular complexity index is 719. The van der Waals surface area contributed by atoms with Gasteiger partial charge < -0.3 is 20.4 Å². The molecule has 0 unspecified atom stereocenters. The van der Waals surface area contributed by atoms with Gasteiger partial charge in [-0.25, -0.2) is 0 Å². The van der Waals surface area contributed by atoms with E-state index in [4.69, 9.17) is 39.6 Å². The highest BCUT2D eigenvalue weighted by atomic mass is 16.4. The SMILES string of the molecule is CC(=O)O.CC(=O)O.CC(=O)O.CC(=O)O.Cc1cccc(-c2ccccc2)c1C. The first kappa shape index (κ1) is 31.0. The molecule has 2 aromatic rings. The van der Waals surface area contributed by atoms with Crippen molar-refractivity contribution in [3.63, 3.8) is 0 Å². The molecular formula is C22H30O8. The summed E-state index contributed by atoms with van der Waals surface area (Å²) in [7, 11) is 0. The Balaban J connectivity index is -0.000000378. The van der Waals surface area contributed by atoms with Crippen molar-refractivity contribution in [2.75, 3.05) is 0 Å². The maximum Gasteiger partial charge on any atom is 0.300 e. The summed E-state index contributed by atoms with van der Waals surface area (Å²) in [5.41, 5.74) is 5.37. The largest absolute Gasteiger partial charge is 0.481 e. The highest BCUT2D eigenvalue weighted by Gasteiger charge is 2.01. The molecule has 0 bridgehead atoms. The van der Waals surface area contributed by atoms with Gasteiger partial charge in [-0.15, -0.1) is 0 Å². The second-order valence-corrected chi connectivity index (χ2v) is 5.69. The third-order valence-corrected chi connectivity index (χ3v) is 2.69. The van der Waals surface area contributed by atoms with Crippen molar-refractivity contribution in [2.45, 2.75) is 41.5 Å². The summed E-state index contributed by atoms with van der Waals surface area (Å²) in [5, 5.41) is 29.7. The Morgan fingerprint density at radius 3 is 1.23 bits per heavy atom. The summed E-state index contributed by atoms with van der Waals surface area (Å²) in [5.74, 6) is -3.33. The van der Waals surface area contributed by atoms with Gasteiger partial charge in [0.25, 0.3) is 23.9 Å². The number of carbonyl (C=O) groups is 4. The van der Waals surface area contributed by atoms with Crippen LogP contribution >= 0.6 is 0 Å². The van der Waals surface area contributed by atoms with Gasteiger partial charge in [0.1, 0.15) is 0 Å². The van der Waals surface area contributed by atoms with Gasteiger partial charge in [-0.1, -0.05) is 48.5 Å². The molecule has 8 nitrogen and oxygen atoms in total. The first-order valence-corrected chi connectivity index (χ1v) is 8.62. The van der Waals surface area contributed by atoms with E-state index in [-0.39, 0.29) is 0 Å². The Morgan fingerprint density at radius 2 is 0.900 bits per heavy atom. The molecule has 0 atom stereocenters. The van der Waals surface area contributed by atoms with E-state index in [2.05, 4.69) is 62.4 Å². The maximum absolute atomic E-state index is 9.00. The molecule has 0 aliphatic carbocycles. The number of aliphatic carboxylic acids is 4. The molecule has 8 heteroatoms. The van der Waals surface area contributed by atoms with Crippen LogP contribution in [0.25, 0.3) is 11.1 Å². The number of carboxylic acid groups (broad SMARTS) is 4. The lowest BCUT2D eigenvalue weighted by Crippen LogP contribution is -1.85. The molecule has 0 fully saturated rings. The van der Waals surface area contributed by atoms with Crippen molar-refractivity contribution in [3.8, 4) is 11.1 Å². The highest BCUT2D eigenvalue weighted by Crippen LogP contribution is 2.24. The number of aryl methyl sites for hydroxylation is 1. The maximum atomic E-state index is 9.00. The average Bonchev–Trinajstić information content (AvgIpc) is 2.56. The molecule has 0 heterocycles. The van der Waals surface area contributed by atoms with Crippen LogP contribution in [0.1, 0.15) is 38.8 Å². The molecule has 0 aromatic heterocycles. The number of hydrogen-bond donors (Lipinski definition) is 4. The first-order valence-electron chi connectivity index (χ1n) is 8.62. The van der Waals surface area contributed by atoms with E-state index >= 15 is 0 Å². The molecule has 4 N–H and O–H groups in total. The lowest BCUT2D eigenvalue weighted by atomic mass is 9.97. The van der Waals surface area contributed by atoms with E-state index in [1.54, 1.807) is 0 Å². The van der Waals surface area contributed by atoms with Crippen LogP contribution in [0.15, 0.2) is 48.5 Å². The summed E-state index contributed by atoms with van der Waals surface area (Å²) in [6.45, 7) is 8.67. The fourth-order valence-electron chi connectivity index (χ4n) is 1.68. The average molecular weight is 422 g/mol. The van der Waals surface area contributed by atoms with Gasteiger partial charge >= 0.3 is 0 Å². The summed E-state index contributed by atoms with van der Waals surface area (Å²) in [4.78, 5) is 36.0. The van der Waals surface area contributed by atoms with Gasteiger partial charge in [0.2, 0.25) is 0 Å². The first-order chi connectivity index (χ1) is 13.7. The standard InChI is InChI=1S/C14H14.4C2H4O2/c1-11-7-6-10-14(12(11)2)13-8-4-3-5-9-13;4*1-2(3)4/h3-10H,1-2H3;4*1H3,(H,3,4). The van der Waals surface area contributed by atoms with Crippen LogP contribution in [-0.2, 0) is 19.2 Å². The van der Waals surface area contributed by atoms with Crippen LogP contribution in [0.4, 0.5) is 0 Å². The summed E-state index contributed by atoms with van der Waals surface area (Å²) in [6, 6.07) is 17.0. The van der Waals surface area contributed by atoms with Gasteiger partial charge in [0, 0.05) is 27.7 Å². The molecule has 0 aliphatic heterocycles. The Kier molecular flexibility index (Phi) is 19.3. The molecule has 0 saturated carbocycles. The van der Waals surface area contributed by atoms with Crippen LogP contribution in [0.5, 0.6) is 0 Å². The Morgan fingerprint density at radius 1 is 0.567 bits per heavy atom. The van der Waals surface area contributed by atoms with E-state index in [0.717, 1.165) is 27.7 Å². The van der Waals surface area contributed by atoms with Gasteiger partial charge in [0.15, 0.2) is 0 Å². The van der Waals surface area contributed by atoms with Crippen molar-refractivity contribution < 1.29 is 39.6 Å². The quantitative estimate of drug-likeness (QED) is 0.530. The van der Waals surface area contributed by atoms with E-state index < -0.39 is 23.9 Å². The summed E-state index contributed by atoms with van der Waals surface area (Å²) in [6.07, 6.45) is 0. The smallest absolute Gasteiger partial charge is 0.300 e. The lowest BCUT2D eigenvalue weighted by molar-refractivity contribution is -0.135. The van der Waals surface area contributed by atoms with Crippen molar-refractivity contribution in [3.05, 3.63) is 59.7 Å². The molecule has 0 amide bonds. The predicted octanol–water partition coefficient (Wildman–Crippen LogP) is 4.33. The molecule has 30 heavy (non-hydrogen) atoms. The summed E-state index contributed by atoms with van der Waals surface area (Å²) < 4.78 is 0. The highest BCUT2D eigenvalue weighted by molar-refractivity contribution is 5.68. The molecular weight excluding hydrogens is 392 g/mol. The van der Waals surface area contributed by atoms with E-state index in [0.29, 0.717) is 0 Å². The minimum absolute atomic E-state index is 0.833. The molecule has 2 aromatic carbocycles. The Hall–Kier alpha value is -3.68. The van der Waals surface area contributed by atoms with Crippen LogP contribution in [0.3, 0.4) is 0 Å². The predicted molar refractivity (Wildman–Crippen MR) is 115 cm³/mol. The zero-order chi connectivity index (χ0) is 24.3. The van der Waals surface area contributed by atoms with E-state index in [9.17, 15) is 0 Å². The summed E-state index contributed by atoms with van der Waals surface area (Å²) >= 11 is 0. The third-order valence-electron chi connectivity index (χ3n) is 2.69. The number of benzene rings is 2. The van der Waals surface area contributed by atoms with E-state index in [1.165, 1.54) is 22.3 Å². The normalized spacial score (nSPS) is 8.07. The lowest BCUT2D eigenvalue weighted by Gasteiger charge is -2.07. The second-order valence-electron chi connectivity index (χ2n) is 5.69. The van der Waals surface area contributed by atoms with Crippen LogP contribution in [0.2, 0.25) is 0 Å². The van der Waals surface area contributed by atoms with Crippen molar-refractivity contribution in [2.24, 2.45) is 0 Å². The van der Waals surface area contributed by atoms with Crippen molar-refractivity contribution >= 4 is 23.9 Å². The molecule has 2 rings (SSSR count). The van der Waals surface area contributed by atoms with Crippen LogP contribution in [0, 0.1) is 13.8 Å². The fourth-order valence-corrected chi connectivity index (χ4v) is 1.68. The molecule has 0 spiro atoms. The van der Waals surface area contributed by atoms with Gasteiger partial charge in [-0.3, -0.25) is 19.2 Å². The number of rotatable bonds is 1. The molecule has 0 radical (unpaired) electrons. The minimum Gasteiger partial charge on any atom is -0.481 e. The number of hydrogen-bond acceptors (Lipinski definition) is 4. The second kappa shape index (κ2) is 18.7. The molecule has 0 saturated heterocycles. The fraction of sp³-hybridized carbons (Fsp3) is 0.273. The Labute approximate surface area is 176 Å². The number of carboxylic acids is 4. The van der Waals surface area contributed by atoms with Crippen LogP contribution in [-0.4, -0.2) is 44.3 Å². The van der Waals surface area contributed by atoms with Crippen LogP contribution < -0.4 is 0 Å². The topological polar surface area (TPSA) is 149 Å². The molecule has 166 valence electrons. The van der Waals surface area contributed by atoms with Crippen molar-refractivity contribution in [1.82, 2.24) is 0 Å². The zero-order valence-corrected chi connectivity index (χ0v) is 18.0. The monoisotopic (exact) mass is 422 g/mol. The zero-order valence-electron chi connectivity index (χ0n) is 18.0. The van der Waals surface area contributed by atoms with E-state index in [1.807, 2.05) is 0 Å². The van der Waals surface area contributed by atoms with Gasteiger partial charge in [-0.05, 0) is 36.1 Å². The third kappa shape index (κ3) is 26.5. The van der Waals surface area contributed by atoms with Gasteiger partial charge in [0.05, 0.1) is 0 Å². The minimum atomic E-state index is -0.833. The van der Waals surface area contributed by atoms with Gasteiger partial charge in [-0.2, -0.15) is 0 Å². The van der Waals surface area contributed by atoms with Crippen molar-refractivity contribution in [1.29, 1.82) is 0 Å².